The second-order valence-electron chi connectivity index (χ2n) is 2.98. The summed E-state index contributed by atoms with van der Waals surface area (Å²) in [5, 5.41) is 8.59. The minimum absolute atomic E-state index is 0.0905. The Morgan fingerprint density at radius 3 is 2.47 bits per heavy atom. The number of rotatable bonds is 8. The lowest BCUT2D eigenvalue weighted by molar-refractivity contribution is -0.138. The fourth-order valence-electron chi connectivity index (χ4n) is 1.05. The fourth-order valence-corrected chi connectivity index (χ4v) is 1.05. The minimum Gasteiger partial charge on any atom is -0.480 e. The monoisotopic (exact) mass is 219 g/mol. The highest BCUT2D eigenvalue weighted by Crippen LogP contribution is 1.91. The van der Waals surface area contributed by atoms with Gasteiger partial charge in [0.15, 0.2) is 0 Å². The summed E-state index contributed by atoms with van der Waals surface area (Å²) in [5.41, 5.74) is 10.1. The molecule has 0 rings (SSSR count). The van der Waals surface area contributed by atoms with Crippen molar-refractivity contribution < 1.29 is 19.4 Å². The molecule has 5 N–H and O–H groups in total. The fraction of sp³-hybridized carbons (Fsp3) is 0.750. The van der Waals surface area contributed by atoms with E-state index >= 15 is 0 Å². The molecule has 0 aliphatic carbocycles. The number of carbonyl (C=O) groups excluding carboxylic acids is 1. The van der Waals surface area contributed by atoms with Crippen LogP contribution >= 0.6 is 0 Å². The molecule has 88 valence electrons. The zero-order chi connectivity index (χ0) is 11.7. The van der Waals surface area contributed by atoms with Crippen molar-refractivity contribution >= 4 is 12.1 Å². The molecule has 1 amide bonds. The number of ether oxygens (including phenoxy) is 1. The Kier molecular flexibility index (Phi) is 7.29. The van der Waals surface area contributed by atoms with Crippen LogP contribution in [0.1, 0.15) is 6.42 Å². The highest BCUT2D eigenvalue weighted by Gasteiger charge is 2.09. The third kappa shape index (κ3) is 8.98. The van der Waals surface area contributed by atoms with Crippen LogP contribution in [-0.4, -0.2) is 54.9 Å². The average Bonchev–Trinajstić information content (AvgIpc) is 2.12. The zero-order valence-electron chi connectivity index (χ0n) is 8.52. The topological polar surface area (TPSA) is 119 Å². The molecule has 0 aromatic carbocycles. The van der Waals surface area contributed by atoms with Gasteiger partial charge in [-0.2, -0.15) is 0 Å². The summed E-state index contributed by atoms with van der Waals surface area (Å²) < 4.78 is 4.51. The van der Waals surface area contributed by atoms with Crippen LogP contribution in [0.5, 0.6) is 0 Å². The summed E-state index contributed by atoms with van der Waals surface area (Å²) in [6.07, 6.45) is -0.159. The second-order valence-corrected chi connectivity index (χ2v) is 2.98. The Bertz CT molecular complexity index is 210. The highest BCUT2D eigenvalue weighted by atomic mass is 16.5. The first kappa shape index (κ1) is 13.7. The summed E-state index contributed by atoms with van der Waals surface area (Å²) in [7, 11) is 0. The first-order valence-electron chi connectivity index (χ1n) is 4.62. The van der Waals surface area contributed by atoms with Gasteiger partial charge >= 0.3 is 12.1 Å². The van der Waals surface area contributed by atoms with Crippen LogP contribution in [0.3, 0.4) is 0 Å². The van der Waals surface area contributed by atoms with Gasteiger partial charge in [-0.15, -0.1) is 0 Å². The maximum Gasteiger partial charge on any atom is 0.404 e. The van der Waals surface area contributed by atoms with E-state index in [1.54, 1.807) is 4.90 Å². The molecule has 0 aromatic heterocycles. The minimum atomic E-state index is -0.925. The van der Waals surface area contributed by atoms with Crippen LogP contribution in [0.2, 0.25) is 0 Å². The standard InChI is InChI=1S/C8H17N3O4/c9-2-1-3-11(6-7(12)13)4-5-15-8(10)14/h1-6,9H2,(H2,10,14)(H,12,13). The summed E-state index contributed by atoms with van der Waals surface area (Å²) in [5.74, 6) is -0.925. The molecule has 0 bridgehead atoms. The summed E-state index contributed by atoms with van der Waals surface area (Å²) >= 11 is 0. The molecule has 15 heavy (non-hydrogen) atoms. The van der Waals surface area contributed by atoms with Crippen molar-refractivity contribution in [1.29, 1.82) is 0 Å². The molecule has 0 unspecified atom stereocenters. The lowest BCUT2D eigenvalue weighted by Crippen LogP contribution is -2.35. The molecule has 0 spiro atoms. The number of amides is 1. The summed E-state index contributed by atoms with van der Waals surface area (Å²) in [6, 6.07) is 0. The Morgan fingerprint density at radius 2 is 2.00 bits per heavy atom. The Balaban J connectivity index is 3.78. The van der Waals surface area contributed by atoms with Crippen LogP contribution < -0.4 is 11.5 Å². The number of primary amides is 1. The number of hydrogen-bond acceptors (Lipinski definition) is 5. The van der Waals surface area contributed by atoms with Crippen LogP contribution in [-0.2, 0) is 9.53 Å². The van der Waals surface area contributed by atoms with Crippen molar-refractivity contribution in [2.24, 2.45) is 11.5 Å². The van der Waals surface area contributed by atoms with Crippen LogP contribution in [0, 0.1) is 0 Å². The molecule has 0 saturated carbocycles. The molecular weight excluding hydrogens is 202 g/mol. The quantitative estimate of drug-likeness (QED) is 0.472. The largest absolute Gasteiger partial charge is 0.480 e. The number of hydrogen-bond donors (Lipinski definition) is 3. The first-order chi connectivity index (χ1) is 7.06. The smallest absolute Gasteiger partial charge is 0.404 e. The van der Waals surface area contributed by atoms with E-state index in [-0.39, 0.29) is 13.2 Å². The van der Waals surface area contributed by atoms with Crippen molar-refractivity contribution in [2.45, 2.75) is 6.42 Å². The lowest BCUT2D eigenvalue weighted by Gasteiger charge is -2.19. The predicted octanol–water partition coefficient (Wildman–Crippen LogP) is -1.18. The van der Waals surface area contributed by atoms with E-state index in [1.165, 1.54) is 0 Å². The molecule has 7 nitrogen and oxygen atoms in total. The van der Waals surface area contributed by atoms with Crippen molar-refractivity contribution in [2.75, 3.05) is 32.8 Å². The molecule has 0 saturated heterocycles. The van der Waals surface area contributed by atoms with Gasteiger partial charge in [-0.3, -0.25) is 9.69 Å². The third-order valence-corrected chi connectivity index (χ3v) is 1.69. The Morgan fingerprint density at radius 1 is 1.33 bits per heavy atom. The van der Waals surface area contributed by atoms with Crippen LogP contribution in [0.25, 0.3) is 0 Å². The van der Waals surface area contributed by atoms with E-state index in [2.05, 4.69) is 4.74 Å². The van der Waals surface area contributed by atoms with E-state index < -0.39 is 12.1 Å². The number of carboxylic acid groups (broad SMARTS) is 1. The van der Waals surface area contributed by atoms with Crippen molar-refractivity contribution in [3.05, 3.63) is 0 Å². The molecule has 0 heterocycles. The van der Waals surface area contributed by atoms with Gasteiger partial charge in [0.05, 0.1) is 6.54 Å². The van der Waals surface area contributed by atoms with Gasteiger partial charge in [0, 0.05) is 13.1 Å². The number of nitrogens with two attached hydrogens (primary N) is 2. The number of nitrogens with zero attached hydrogens (tertiary/aromatic N) is 1. The Labute approximate surface area is 88.0 Å². The molecule has 0 aliphatic rings. The lowest BCUT2D eigenvalue weighted by atomic mass is 10.3. The average molecular weight is 219 g/mol. The third-order valence-electron chi connectivity index (χ3n) is 1.69. The summed E-state index contributed by atoms with van der Waals surface area (Å²) in [6.45, 7) is 1.39. The predicted molar refractivity (Wildman–Crippen MR) is 53.3 cm³/mol. The van der Waals surface area contributed by atoms with Gasteiger partial charge < -0.3 is 21.3 Å². The van der Waals surface area contributed by atoms with Gasteiger partial charge in [0.2, 0.25) is 0 Å². The van der Waals surface area contributed by atoms with Crippen LogP contribution in [0.15, 0.2) is 0 Å². The first-order valence-corrected chi connectivity index (χ1v) is 4.62. The van der Waals surface area contributed by atoms with E-state index in [1.807, 2.05) is 0 Å². The highest BCUT2D eigenvalue weighted by molar-refractivity contribution is 5.69. The van der Waals surface area contributed by atoms with E-state index in [0.717, 1.165) is 0 Å². The van der Waals surface area contributed by atoms with Crippen molar-refractivity contribution in [3.63, 3.8) is 0 Å². The van der Waals surface area contributed by atoms with E-state index in [4.69, 9.17) is 16.6 Å². The van der Waals surface area contributed by atoms with Gasteiger partial charge in [0.1, 0.15) is 6.61 Å². The molecular formula is C8H17N3O4. The Hall–Kier alpha value is -1.34. The van der Waals surface area contributed by atoms with Crippen LogP contribution in [0.4, 0.5) is 4.79 Å². The molecule has 0 aromatic rings. The number of carbonyl (C=O) groups is 2. The maximum atomic E-state index is 10.5. The maximum absolute atomic E-state index is 10.5. The van der Waals surface area contributed by atoms with Gasteiger partial charge in [-0.1, -0.05) is 0 Å². The van der Waals surface area contributed by atoms with Gasteiger partial charge in [0.25, 0.3) is 0 Å². The SMILES string of the molecule is NCCCN(CCOC(N)=O)CC(=O)O. The van der Waals surface area contributed by atoms with E-state index in [0.29, 0.717) is 26.1 Å². The van der Waals surface area contributed by atoms with Crippen molar-refractivity contribution in [1.82, 2.24) is 4.90 Å². The zero-order valence-corrected chi connectivity index (χ0v) is 8.52. The molecule has 0 fully saturated rings. The number of carboxylic acids is 1. The van der Waals surface area contributed by atoms with E-state index in [9.17, 15) is 9.59 Å². The normalized spacial score (nSPS) is 10.3. The van der Waals surface area contributed by atoms with Gasteiger partial charge in [-0.25, -0.2) is 4.79 Å². The molecule has 0 radical (unpaired) electrons. The molecule has 0 aliphatic heterocycles. The van der Waals surface area contributed by atoms with Gasteiger partial charge in [-0.05, 0) is 13.0 Å². The molecule has 7 heteroatoms. The molecule has 0 atom stereocenters. The summed E-state index contributed by atoms with van der Waals surface area (Å²) in [4.78, 5) is 22.4. The second kappa shape index (κ2) is 8.01. The van der Waals surface area contributed by atoms with Crippen molar-refractivity contribution in [3.8, 4) is 0 Å². The number of aliphatic carboxylic acids is 1.